The number of allylic oxidation sites excluding steroid dienone is 1. The average Bonchev–Trinajstić information content (AvgIpc) is 2.61. The summed E-state index contributed by atoms with van der Waals surface area (Å²) < 4.78 is 16.1. The van der Waals surface area contributed by atoms with E-state index in [1.165, 1.54) is 0 Å². The normalized spacial score (nSPS) is 13.7. The molecule has 0 fully saturated rings. The first-order valence-electron chi connectivity index (χ1n) is 9.15. The molecular formula is C18H34O6Si. The highest BCUT2D eigenvalue weighted by Gasteiger charge is 2.53. The van der Waals surface area contributed by atoms with Crippen molar-refractivity contribution < 1.29 is 28.6 Å². The van der Waals surface area contributed by atoms with Gasteiger partial charge >= 0.3 is 11.9 Å². The first kappa shape index (κ1) is 23.8. The molecule has 0 aliphatic carbocycles. The Balaban J connectivity index is 5.69. The van der Waals surface area contributed by atoms with Crippen molar-refractivity contribution in [3.8, 4) is 0 Å². The fourth-order valence-electron chi connectivity index (χ4n) is 2.74. The van der Waals surface area contributed by atoms with Gasteiger partial charge in [-0.2, -0.15) is 0 Å². The first-order chi connectivity index (χ1) is 11.8. The van der Waals surface area contributed by atoms with Crippen LogP contribution >= 0.6 is 0 Å². The maximum atomic E-state index is 12.4. The van der Waals surface area contributed by atoms with E-state index < -0.39 is 31.8 Å². The molecule has 0 heterocycles. The molecule has 146 valence electrons. The SMILES string of the molecule is C/C=C/C(CO[Si](CC)(CC)CC)C(O)(C(=O)OCC)C(=O)OCC. The fraction of sp³-hybridized carbons (Fsp3) is 0.778. The van der Waals surface area contributed by atoms with E-state index in [4.69, 9.17) is 13.9 Å². The Morgan fingerprint density at radius 2 is 1.44 bits per heavy atom. The number of hydrogen-bond acceptors (Lipinski definition) is 6. The van der Waals surface area contributed by atoms with Crippen LogP contribution in [0.3, 0.4) is 0 Å². The zero-order valence-corrected chi connectivity index (χ0v) is 17.5. The van der Waals surface area contributed by atoms with Crippen LogP contribution in [0, 0.1) is 5.92 Å². The Kier molecular flexibility index (Phi) is 10.9. The highest BCUT2D eigenvalue weighted by Crippen LogP contribution is 2.28. The Morgan fingerprint density at radius 3 is 1.76 bits per heavy atom. The third-order valence-electron chi connectivity index (χ3n) is 4.64. The number of carbonyl (C=O) groups is 2. The number of ether oxygens (including phenoxy) is 2. The molecule has 6 nitrogen and oxygen atoms in total. The summed E-state index contributed by atoms with van der Waals surface area (Å²) in [6, 6.07) is 2.79. The van der Waals surface area contributed by atoms with E-state index in [0.717, 1.165) is 18.1 Å². The van der Waals surface area contributed by atoms with Gasteiger partial charge in [0.25, 0.3) is 5.60 Å². The third kappa shape index (κ3) is 5.93. The molecule has 0 spiro atoms. The second kappa shape index (κ2) is 11.4. The van der Waals surface area contributed by atoms with E-state index in [1.807, 2.05) is 0 Å². The van der Waals surface area contributed by atoms with Crippen LogP contribution in [-0.4, -0.2) is 50.8 Å². The van der Waals surface area contributed by atoms with Crippen molar-refractivity contribution in [3.63, 3.8) is 0 Å². The summed E-state index contributed by atoms with van der Waals surface area (Å²) in [4.78, 5) is 24.8. The van der Waals surface area contributed by atoms with Gasteiger partial charge in [-0.05, 0) is 38.9 Å². The molecule has 1 unspecified atom stereocenters. The monoisotopic (exact) mass is 374 g/mol. The molecule has 7 heteroatoms. The van der Waals surface area contributed by atoms with Crippen LogP contribution in [0.4, 0.5) is 0 Å². The standard InChI is InChI=1S/C18H34O6Si/c1-7-13-15(14-24-25(10-4,11-5)12-6)18(21,16(19)22-8-2)17(20)23-9-3/h7,13,15,21H,8-12,14H2,1-6H3/b13-7+. The number of aliphatic hydroxyl groups is 1. The molecule has 1 atom stereocenters. The van der Waals surface area contributed by atoms with E-state index in [-0.39, 0.29) is 19.8 Å². The van der Waals surface area contributed by atoms with Crippen LogP contribution in [0.2, 0.25) is 18.1 Å². The predicted octanol–water partition coefficient (Wildman–Crippen LogP) is 3.06. The van der Waals surface area contributed by atoms with Crippen molar-refractivity contribution in [1.29, 1.82) is 0 Å². The molecule has 0 saturated carbocycles. The van der Waals surface area contributed by atoms with Crippen LogP contribution in [0.5, 0.6) is 0 Å². The van der Waals surface area contributed by atoms with Crippen molar-refractivity contribution in [3.05, 3.63) is 12.2 Å². The molecule has 1 N–H and O–H groups in total. The van der Waals surface area contributed by atoms with Gasteiger partial charge in [-0.15, -0.1) is 0 Å². The van der Waals surface area contributed by atoms with Crippen molar-refractivity contribution >= 4 is 20.3 Å². The minimum Gasteiger partial charge on any atom is -0.463 e. The molecule has 0 aliphatic heterocycles. The molecule has 0 radical (unpaired) electrons. The Labute approximate surface area is 152 Å². The lowest BCUT2D eigenvalue weighted by molar-refractivity contribution is -0.189. The van der Waals surface area contributed by atoms with Crippen LogP contribution in [-0.2, 0) is 23.5 Å². The zero-order valence-electron chi connectivity index (χ0n) is 16.5. The topological polar surface area (TPSA) is 82.1 Å². The van der Waals surface area contributed by atoms with Gasteiger partial charge in [-0.1, -0.05) is 32.9 Å². The largest absolute Gasteiger partial charge is 0.463 e. The molecule has 0 rings (SSSR count). The molecule has 0 aromatic rings. The molecular weight excluding hydrogens is 340 g/mol. The van der Waals surface area contributed by atoms with Crippen LogP contribution in [0.15, 0.2) is 12.2 Å². The maximum Gasteiger partial charge on any atom is 0.350 e. The summed E-state index contributed by atoms with van der Waals surface area (Å²) in [7, 11) is -1.94. The molecule has 0 aliphatic rings. The van der Waals surface area contributed by atoms with Crippen LogP contribution in [0.1, 0.15) is 41.5 Å². The summed E-state index contributed by atoms with van der Waals surface area (Å²) in [6.45, 7) is 11.4. The first-order valence-corrected chi connectivity index (χ1v) is 11.7. The minimum atomic E-state index is -2.41. The van der Waals surface area contributed by atoms with Crippen molar-refractivity contribution in [1.82, 2.24) is 0 Å². The lowest BCUT2D eigenvalue weighted by Gasteiger charge is -2.34. The van der Waals surface area contributed by atoms with E-state index in [9.17, 15) is 14.7 Å². The van der Waals surface area contributed by atoms with E-state index in [0.29, 0.717) is 0 Å². The van der Waals surface area contributed by atoms with Gasteiger partial charge < -0.3 is 19.0 Å². The summed E-state index contributed by atoms with van der Waals surface area (Å²) >= 11 is 0. The molecule has 0 aromatic heterocycles. The van der Waals surface area contributed by atoms with Crippen LogP contribution < -0.4 is 0 Å². The molecule has 0 aromatic carbocycles. The Bertz CT molecular complexity index is 419. The van der Waals surface area contributed by atoms with Gasteiger partial charge in [0.2, 0.25) is 0 Å². The number of carbonyl (C=O) groups excluding carboxylic acids is 2. The van der Waals surface area contributed by atoms with E-state index in [1.54, 1.807) is 32.9 Å². The molecule has 25 heavy (non-hydrogen) atoms. The minimum absolute atomic E-state index is 0.0571. The summed E-state index contributed by atoms with van der Waals surface area (Å²) in [5.41, 5.74) is -2.41. The van der Waals surface area contributed by atoms with Gasteiger partial charge in [-0.3, -0.25) is 0 Å². The number of esters is 2. The predicted molar refractivity (Wildman–Crippen MR) is 99.7 cm³/mol. The lowest BCUT2D eigenvalue weighted by Crippen LogP contribution is -2.56. The molecule has 0 bridgehead atoms. The van der Waals surface area contributed by atoms with Crippen molar-refractivity contribution in [2.75, 3.05) is 19.8 Å². The zero-order chi connectivity index (χ0) is 19.5. The van der Waals surface area contributed by atoms with Gasteiger partial charge in [0.15, 0.2) is 8.32 Å². The smallest absolute Gasteiger partial charge is 0.350 e. The summed E-state index contributed by atoms with van der Waals surface area (Å²) in [5.74, 6) is -2.87. The number of rotatable bonds is 12. The third-order valence-corrected chi connectivity index (χ3v) is 9.28. The summed E-state index contributed by atoms with van der Waals surface area (Å²) in [6.07, 6.45) is 3.29. The average molecular weight is 375 g/mol. The van der Waals surface area contributed by atoms with Gasteiger partial charge in [0, 0.05) is 6.61 Å². The van der Waals surface area contributed by atoms with E-state index >= 15 is 0 Å². The number of hydrogen-bond donors (Lipinski definition) is 1. The Morgan fingerprint density at radius 1 is 1.00 bits per heavy atom. The Hall–Kier alpha value is -1.18. The lowest BCUT2D eigenvalue weighted by atomic mass is 9.87. The van der Waals surface area contributed by atoms with Crippen LogP contribution in [0.25, 0.3) is 0 Å². The highest BCUT2D eigenvalue weighted by molar-refractivity contribution is 6.73. The maximum absolute atomic E-state index is 12.4. The van der Waals surface area contributed by atoms with Gasteiger partial charge in [0.1, 0.15) is 0 Å². The highest BCUT2D eigenvalue weighted by atomic mass is 28.4. The fourth-order valence-corrected chi connectivity index (χ4v) is 5.38. The second-order valence-electron chi connectivity index (χ2n) is 5.89. The summed E-state index contributed by atoms with van der Waals surface area (Å²) in [5, 5.41) is 11.0. The second-order valence-corrected chi connectivity index (χ2v) is 10.7. The van der Waals surface area contributed by atoms with Gasteiger partial charge in [0.05, 0.1) is 19.1 Å². The molecule has 0 amide bonds. The van der Waals surface area contributed by atoms with Crippen molar-refractivity contribution in [2.45, 2.75) is 65.3 Å². The molecule has 0 saturated heterocycles. The quantitative estimate of drug-likeness (QED) is 0.245. The van der Waals surface area contributed by atoms with Crippen molar-refractivity contribution in [2.24, 2.45) is 5.92 Å². The van der Waals surface area contributed by atoms with Gasteiger partial charge in [-0.25, -0.2) is 9.59 Å². The van der Waals surface area contributed by atoms with E-state index in [2.05, 4.69) is 20.8 Å².